The Hall–Kier alpha value is -2.04. The lowest BCUT2D eigenvalue weighted by atomic mass is 10.1. The van der Waals surface area contributed by atoms with Crippen LogP contribution in [0.1, 0.15) is 25.5 Å². The van der Waals surface area contributed by atoms with Crippen LogP contribution in [0.5, 0.6) is 5.75 Å². The quantitative estimate of drug-likeness (QED) is 0.833. The van der Waals surface area contributed by atoms with E-state index in [1.807, 2.05) is 37.3 Å². The molecular weight excluding hydrogens is 226 g/mol. The fourth-order valence-electron chi connectivity index (χ4n) is 1.49. The molecule has 1 N–H and O–H groups in total. The predicted octanol–water partition coefficient (Wildman–Crippen LogP) is 2.40. The molecular formula is C14H17N3O. The second-order valence-electron chi connectivity index (χ2n) is 4.18. The maximum Gasteiger partial charge on any atom is 0.174 e. The summed E-state index contributed by atoms with van der Waals surface area (Å²) in [5, 5.41) is 20.4. The van der Waals surface area contributed by atoms with Gasteiger partial charge in [0.2, 0.25) is 0 Å². The van der Waals surface area contributed by atoms with Gasteiger partial charge in [0, 0.05) is 12.6 Å². The third-order valence-corrected chi connectivity index (χ3v) is 2.63. The zero-order chi connectivity index (χ0) is 13.4. The molecule has 94 valence electrons. The van der Waals surface area contributed by atoms with Crippen molar-refractivity contribution in [2.75, 3.05) is 13.2 Å². The third-order valence-electron chi connectivity index (χ3n) is 2.63. The first-order chi connectivity index (χ1) is 8.67. The number of nitrogens with one attached hydrogen (secondary N) is 1. The fourth-order valence-corrected chi connectivity index (χ4v) is 1.49. The van der Waals surface area contributed by atoms with Crippen molar-refractivity contribution in [3.8, 4) is 17.9 Å². The maximum absolute atomic E-state index is 8.70. The number of nitriles is 2. The molecule has 0 fully saturated rings. The van der Waals surface area contributed by atoms with Crippen LogP contribution in [-0.2, 0) is 0 Å². The zero-order valence-corrected chi connectivity index (χ0v) is 10.7. The SMILES string of the molecule is CC(C#N)CNC(C)c1ccc(OCC#N)cc1. The zero-order valence-electron chi connectivity index (χ0n) is 10.7. The molecule has 0 saturated carbocycles. The van der Waals surface area contributed by atoms with Crippen molar-refractivity contribution in [3.63, 3.8) is 0 Å². The van der Waals surface area contributed by atoms with Crippen molar-refractivity contribution < 1.29 is 4.74 Å². The van der Waals surface area contributed by atoms with Crippen molar-refractivity contribution in [2.24, 2.45) is 5.92 Å². The minimum absolute atomic E-state index is 0.00526. The molecule has 4 heteroatoms. The number of benzene rings is 1. The molecule has 2 atom stereocenters. The molecule has 4 nitrogen and oxygen atoms in total. The van der Waals surface area contributed by atoms with Crippen molar-refractivity contribution in [1.82, 2.24) is 5.32 Å². The summed E-state index contributed by atoms with van der Waals surface area (Å²) in [6.07, 6.45) is 0. The predicted molar refractivity (Wildman–Crippen MR) is 68.7 cm³/mol. The van der Waals surface area contributed by atoms with Gasteiger partial charge < -0.3 is 10.1 Å². The Kier molecular flexibility index (Phi) is 5.70. The average molecular weight is 243 g/mol. The van der Waals surface area contributed by atoms with Gasteiger partial charge in [0.1, 0.15) is 11.8 Å². The van der Waals surface area contributed by atoms with Gasteiger partial charge in [-0.1, -0.05) is 12.1 Å². The summed E-state index contributed by atoms with van der Waals surface area (Å²) in [6, 6.07) is 11.9. The lowest BCUT2D eigenvalue weighted by Crippen LogP contribution is -2.23. The number of hydrogen-bond donors (Lipinski definition) is 1. The smallest absolute Gasteiger partial charge is 0.174 e. The van der Waals surface area contributed by atoms with Crippen LogP contribution in [0, 0.1) is 28.6 Å². The summed E-state index contributed by atoms with van der Waals surface area (Å²) in [7, 11) is 0. The second-order valence-corrected chi connectivity index (χ2v) is 4.18. The Balaban J connectivity index is 2.51. The van der Waals surface area contributed by atoms with E-state index < -0.39 is 0 Å². The Bertz CT molecular complexity index is 442. The lowest BCUT2D eigenvalue weighted by molar-refractivity contribution is 0.368. The largest absolute Gasteiger partial charge is 0.479 e. The van der Waals surface area contributed by atoms with Gasteiger partial charge in [0.05, 0.1) is 12.0 Å². The minimum atomic E-state index is 0.00526. The average Bonchev–Trinajstić information content (AvgIpc) is 2.42. The van der Waals surface area contributed by atoms with Crippen LogP contribution in [0.15, 0.2) is 24.3 Å². The molecule has 0 aliphatic rings. The molecule has 0 spiro atoms. The molecule has 0 radical (unpaired) electrons. The van der Waals surface area contributed by atoms with Crippen LogP contribution in [0.2, 0.25) is 0 Å². The van der Waals surface area contributed by atoms with Crippen LogP contribution in [-0.4, -0.2) is 13.2 Å². The summed E-state index contributed by atoms with van der Waals surface area (Å²) in [5.41, 5.74) is 1.13. The summed E-state index contributed by atoms with van der Waals surface area (Å²) >= 11 is 0. The second kappa shape index (κ2) is 7.32. The van der Waals surface area contributed by atoms with Crippen molar-refractivity contribution in [1.29, 1.82) is 10.5 Å². The van der Waals surface area contributed by atoms with Crippen molar-refractivity contribution in [3.05, 3.63) is 29.8 Å². The molecule has 18 heavy (non-hydrogen) atoms. The maximum atomic E-state index is 8.70. The minimum Gasteiger partial charge on any atom is -0.479 e. The first-order valence-corrected chi connectivity index (χ1v) is 5.90. The van der Waals surface area contributed by atoms with E-state index in [9.17, 15) is 0 Å². The number of rotatable bonds is 6. The Morgan fingerprint density at radius 2 is 1.89 bits per heavy atom. The summed E-state index contributed by atoms with van der Waals surface area (Å²) in [4.78, 5) is 0. The van der Waals surface area contributed by atoms with Gasteiger partial charge >= 0.3 is 0 Å². The van der Waals surface area contributed by atoms with E-state index in [2.05, 4.69) is 18.3 Å². The van der Waals surface area contributed by atoms with Gasteiger partial charge in [-0.05, 0) is 31.5 Å². The molecule has 0 amide bonds. The molecule has 2 unspecified atom stereocenters. The normalized spacial score (nSPS) is 13.1. The molecule has 0 aromatic heterocycles. The van der Waals surface area contributed by atoms with Gasteiger partial charge in [-0.3, -0.25) is 0 Å². The third kappa shape index (κ3) is 4.45. The molecule has 0 heterocycles. The molecule has 1 aromatic carbocycles. The van der Waals surface area contributed by atoms with Gasteiger partial charge in [-0.25, -0.2) is 0 Å². The van der Waals surface area contributed by atoms with Gasteiger partial charge in [0.25, 0.3) is 0 Å². The summed E-state index contributed by atoms with van der Waals surface area (Å²) in [6.45, 7) is 4.67. The monoisotopic (exact) mass is 243 g/mol. The summed E-state index contributed by atoms with van der Waals surface area (Å²) < 4.78 is 5.18. The van der Waals surface area contributed by atoms with Gasteiger partial charge in [-0.15, -0.1) is 0 Å². The molecule has 1 aromatic rings. The van der Waals surface area contributed by atoms with Crippen LogP contribution < -0.4 is 10.1 Å². The highest BCUT2D eigenvalue weighted by molar-refractivity contribution is 5.29. The van der Waals surface area contributed by atoms with E-state index in [0.29, 0.717) is 12.3 Å². The van der Waals surface area contributed by atoms with E-state index in [0.717, 1.165) is 5.56 Å². The molecule has 0 saturated heterocycles. The standard InChI is InChI=1S/C14H17N3O/c1-11(9-16)10-17-12(2)13-3-5-14(6-4-13)18-8-7-15/h3-6,11-12,17H,8,10H2,1-2H3. The fraction of sp³-hybridized carbons (Fsp3) is 0.429. The Morgan fingerprint density at radius 1 is 1.22 bits per heavy atom. The van der Waals surface area contributed by atoms with Crippen LogP contribution >= 0.6 is 0 Å². The Morgan fingerprint density at radius 3 is 2.44 bits per heavy atom. The highest BCUT2D eigenvalue weighted by atomic mass is 16.5. The lowest BCUT2D eigenvalue weighted by Gasteiger charge is -2.15. The van der Waals surface area contributed by atoms with E-state index in [-0.39, 0.29) is 18.6 Å². The van der Waals surface area contributed by atoms with E-state index in [1.165, 1.54) is 0 Å². The first-order valence-electron chi connectivity index (χ1n) is 5.90. The van der Waals surface area contributed by atoms with E-state index >= 15 is 0 Å². The van der Waals surface area contributed by atoms with Crippen molar-refractivity contribution in [2.45, 2.75) is 19.9 Å². The molecule has 0 aliphatic carbocycles. The van der Waals surface area contributed by atoms with Gasteiger partial charge in [-0.2, -0.15) is 10.5 Å². The summed E-state index contributed by atoms with van der Waals surface area (Å²) in [5.74, 6) is 0.698. The Labute approximate surface area is 108 Å². The molecule has 0 bridgehead atoms. The first kappa shape index (κ1) is 14.0. The van der Waals surface area contributed by atoms with Gasteiger partial charge in [0.15, 0.2) is 6.61 Å². The van der Waals surface area contributed by atoms with Crippen LogP contribution in [0.3, 0.4) is 0 Å². The molecule has 1 rings (SSSR count). The highest BCUT2D eigenvalue weighted by Gasteiger charge is 2.07. The van der Waals surface area contributed by atoms with E-state index in [1.54, 1.807) is 0 Å². The van der Waals surface area contributed by atoms with Crippen molar-refractivity contribution >= 4 is 0 Å². The topological polar surface area (TPSA) is 68.8 Å². The number of hydrogen-bond acceptors (Lipinski definition) is 4. The van der Waals surface area contributed by atoms with Crippen LogP contribution in [0.4, 0.5) is 0 Å². The number of nitrogens with zero attached hydrogens (tertiary/aromatic N) is 2. The van der Waals surface area contributed by atoms with E-state index in [4.69, 9.17) is 15.3 Å². The molecule has 0 aliphatic heterocycles. The van der Waals surface area contributed by atoms with Crippen LogP contribution in [0.25, 0.3) is 0 Å². The number of ether oxygens (including phenoxy) is 1. The highest BCUT2D eigenvalue weighted by Crippen LogP contribution is 2.17.